The summed E-state index contributed by atoms with van der Waals surface area (Å²) in [4.78, 5) is 8.82. The number of pyridine rings is 2. The molecule has 0 fully saturated rings. The molecular weight excluding hydrogens is 268 g/mol. The van der Waals surface area contributed by atoms with Gasteiger partial charge in [-0.3, -0.25) is 4.98 Å². The van der Waals surface area contributed by atoms with Gasteiger partial charge in [0.15, 0.2) is 0 Å². The first-order chi connectivity index (χ1) is 9.74. The van der Waals surface area contributed by atoms with Crippen molar-refractivity contribution < 1.29 is 0 Å². The van der Waals surface area contributed by atoms with Crippen LogP contribution in [-0.2, 0) is 0 Å². The summed E-state index contributed by atoms with van der Waals surface area (Å²) >= 11 is 4.94. The van der Waals surface area contributed by atoms with Crippen molar-refractivity contribution in [1.82, 2.24) is 9.97 Å². The first-order valence-corrected chi connectivity index (χ1v) is 6.51. The second-order valence-corrected chi connectivity index (χ2v) is 4.74. The van der Waals surface area contributed by atoms with Crippen LogP contribution in [0.2, 0.25) is 0 Å². The Labute approximate surface area is 121 Å². The number of nitrogens with two attached hydrogens (primary N) is 1. The first kappa shape index (κ1) is 12.5. The van der Waals surface area contributed by atoms with Crippen LogP contribution in [0.1, 0.15) is 5.69 Å². The van der Waals surface area contributed by atoms with Crippen LogP contribution in [0.25, 0.3) is 10.8 Å². The highest BCUT2D eigenvalue weighted by atomic mass is 32.1. The van der Waals surface area contributed by atoms with E-state index in [0.29, 0.717) is 11.5 Å². The van der Waals surface area contributed by atoms with E-state index in [1.807, 2.05) is 42.6 Å². The summed E-state index contributed by atoms with van der Waals surface area (Å²) in [6.07, 6.45) is 3.60. The molecule has 20 heavy (non-hydrogen) atoms. The molecule has 0 unspecified atom stereocenters. The van der Waals surface area contributed by atoms with Crippen molar-refractivity contribution in [1.29, 1.82) is 0 Å². The molecule has 0 radical (unpaired) electrons. The monoisotopic (exact) mass is 280 g/mol. The molecule has 3 aromatic rings. The highest BCUT2D eigenvalue weighted by Crippen LogP contribution is 2.24. The molecule has 0 atom stereocenters. The van der Waals surface area contributed by atoms with Crippen LogP contribution in [0, 0.1) is 0 Å². The van der Waals surface area contributed by atoms with Crippen molar-refractivity contribution in [2.75, 3.05) is 5.32 Å². The van der Waals surface area contributed by atoms with Gasteiger partial charge in [0.2, 0.25) is 0 Å². The van der Waals surface area contributed by atoms with Gasteiger partial charge in [-0.15, -0.1) is 0 Å². The standard InChI is InChI=1S/C15H12N4S/c16-15(20)13-5-2-6-14(19-13)18-12-4-1-3-10-7-8-17-9-11(10)12/h1-9H,(H2,16,20)(H,18,19). The third kappa shape index (κ3) is 2.44. The van der Waals surface area contributed by atoms with Gasteiger partial charge in [0.05, 0.1) is 5.69 Å². The van der Waals surface area contributed by atoms with Gasteiger partial charge >= 0.3 is 0 Å². The summed E-state index contributed by atoms with van der Waals surface area (Å²) in [6.45, 7) is 0. The molecule has 2 heterocycles. The van der Waals surface area contributed by atoms with Crippen molar-refractivity contribution in [2.45, 2.75) is 0 Å². The highest BCUT2D eigenvalue weighted by molar-refractivity contribution is 7.80. The van der Waals surface area contributed by atoms with Gasteiger partial charge in [-0.05, 0) is 29.7 Å². The van der Waals surface area contributed by atoms with Crippen molar-refractivity contribution in [3.05, 3.63) is 60.6 Å². The average molecular weight is 280 g/mol. The van der Waals surface area contributed by atoms with E-state index in [4.69, 9.17) is 18.0 Å². The Bertz CT molecular complexity index is 780. The topological polar surface area (TPSA) is 63.8 Å². The van der Waals surface area contributed by atoms with Crippen LogP contribution in [0.15, 0.2) is 54.9 Å². The molecule has 0 saturated heterocycles. The SMILES string of the molecule is NC(=S)c1cccc(Nc2cccc3ccncc23)n1. The summed E-state index contributed by atoms with van der Waals surface area (Å²) in [5, 5.41) is 5.44. The number of rotatable bonds is 3. The zero-order chi connectivity index (χ0) is 13.9. The Balaban J connectivity index is 2.01. The maximum Gasteiger partial charge on any atom is 0.131 e. The smallest absolute Gasteiger partial charge is 0.131 e. The molecule has 4 nitrogen and oxygen atoms in total. The van der Waals surface area contributed by atoms with Gasteiger partial charge in [-0.2, -0.15) is 0 Å². The number of hydrogen-bond acceptors (Lipinski definition) is 4. The van der Waals surface area contributed by atoms with E-state index in [1.165, 1.54) is 0 Å². The van der Waals surface area contributed by atoms with Gasteiger partial charge in [0.1, 0.15) is 10.8 Å². The summed E-state index contributed by atoms with van der Waals surface area (Å²) in [5.41, 5.74) is 7.15. The maximum atomic E-state index is 5.60. The normalized spacial score (nSPS) is 10.4. The second kappa shape index (κ2) is 5.22. The highest BCUT2D eigenvalue weighted by Gasteiger charge is 2.04. The van der Waals surface area contributed by atoms with E-state index in [2.05, 4.69) is 15.3 Å². The molecular formula is C15H12N4S. The van der Waals surface area contributed by atoms with Gasteiger partial charge in [-0.25, -0.2) is 4.98 Å². The van der Waals surface area contributed by atoms with Gasteiger partial charge in [0.25, 0.3) is 0 Å². The number of anilines is 2. The number of hydrogen-bond donors (Lipinski definition) is 2. The summed E-state index contributed by atoms with van der Waals surface area (Å²) < 4.78 is 0. The van der Waals surface area contributed by atoms with Crippen LogP contribution in [0.5, 0.6) is 0 Å². The molecule has 0 aliphatic carbocycles. The number of fused-ring (bicyclic) bond motifs is 1. The number of aromatic nitrogens is 2. The Morgan fingerprint density at radius 1 is 1.10 bits per heavy atom. The molecule has 0 saturated carbocycles. The summed E-state index contributed by atoms with van der Waals surface area (Å²) in [6, 6.07) is 13.5. The lowest BCUT2D eigenvalue weighted by Crippen LogP contribution is -2.12. The van der Waals surface area contributed by atoms with Gasteiger partial charge < -0.3 is 11.1 Å². The van der Waals surface area contributed by atoms with Crippen molar-refractivity contribution in [2.24, 2.45) is 5.73 Å². The van der Waals surface area contributed by atoms with Crippen LogP contribution in [0.4, 0.5) is 11.5 Å². The molecule has 0 aliphatic heterocycles. The molecule has 1 aromatic carbocycles. The Hall–Kier alpha value is -2.53. The molecule has 2 aromatic heterocycles. The number of nitrogens with one attached hydrogen (secondary N) is 1. The molecule has 0 spiro atoms. The molecule has 0 bridgehead atoms. The minimum Gasteiger partial charge on any atom is -0.388 e. The first-order valence-electron chi connectivity index (χ1n) is 6.11. The molecule has 3 N–H and O–H groups in total. The Kier molecular flexibility index (Phi) is 3.26. The lowest BCUT2D eigenvalue weighted by atomic mass is 10.1. The number of benzene rings is 1. The van der Waals surface area contributed by atoms with Crippen molar-refractivity contribution >= 4 is 39.5 Å². The second-order valence-electron chi connectivity index (χ2n) is 4.30. The van der Waals surface area contributed by atoms with E-state index >= 15 is 0 Å². The largest absolute Gasteiger partial charge is 0.388 e. The third-order valence-corrected chi connectivity index (χ3v) is 3.16. The fourth-order valence-electron chi connectivity index (χ4n) is 2.00. The van der Waals surface area contributed by atoms with E-state index in [0.717, 1.165) is 16.5 Å². The van der Waals surface area contributed by atoms with E-state index in [-0.39, 0.29) is 4.99 Å². The fourth-order valence-corrected chi connectivity index (χ4v) is 2.12. The van der Waals surface area contributed by atoms with Gasteiger partial charge in [0, 0.05) is 23.5 Å². The lowest BCUT2D eigenvalue weighted by Gasteiger charge is -2.09. The minimum atomic E-state index is 0.285. The minimum absolute atomic E-state index is 0.285. The zero-order valence-electron chi connectivity index (χ0n) is 10.6. The maximum absolute atomic E-state index is 5.60. The predicted molar refractivity (Wildman–Crippen MR) is 85.2 cm³/mol. The van der Waals surface area contributed by atoms with Crippen LogP contribution in [-0.4, -0.2) is 15.0 Å². The van der Waals surface area contributed by atoms with Crippen LogP contribution in [0.3, 0.4) is 0 Å². The predicted octanol–water partition coefficient (Wildman–Crippen LogP) is 3.01. The molecule has 0 aliphatic rings. The van der Waals surface area contributed by atoms with Gasteiger partial charge in [-0.1, -0.05) is 30.4 Å². The fraction of sp³-hybridized carbons (Fsp3) is 0. The van der Waals surface area contributed by atoms with E-state index in [1.54, 1.807) is 12.3 Å². The lowest BCUT2D eigenvalue weighted by molar-refractivity contribution is 1.28. The number of nitrogens with zero attached hydrogens (tertiary/aromatic N) is 2. The third-order valence-electron chi connectivity index (χ3n) is 2.95. The zero-order valence-corrected chi connectivity index (χ0v) is 11.4. The average Bonchev–Trinajstić information content (AvgIpc) is 2.48. The quantitative estimate of drug-likeness (QED) is 0.722. The molecule has 5 heteroatoms. The molecule has 98 valence electrons. The van der Waals surface area contributed by atoms with E-state index in [9.17, 15) is 0 Å². The summed E-state index contributed by atoms with van der Waals surface area (Å²) in [5.74, 6) is 0.701. The number of thiocarbonyl (C=S) groups is 1. The van der Waals surface area contributed by atoms with Crippen LogP contribution >= 0.6 is 12.2 Å². The Morgan fingerprint density at radius 3 is 2.80 bits per heavy atom. The molecule has 0 amide bonds. The van der Waals surface area contributed by atoms with Crippen molar-refractivity contribution in [3.8, 4) is 0 Å². The van der Waals surface area contributed by atoms with E-state index < -0.39 is 0 Å². The van der Waals surface area contributed by atoms with Crippen LogP contribution < -0.4 is 11.1 Å². The summed E-state index contributed by atoms with van der Waals surface area (Å²) in [7, 11) is 0. The van der Waals surface area contributed by atoms with Crippen molar-refractivity contribution in [3.63, 3.8) is 0 Å². The molecule has 3 rings (SSSR count). The Morgan fingerprint density at radius 2 is 1.95 bits per heavy atom.